The Bertz CT molecular complexity index is 485. The fraction of sp³-hybridized carbons (Fsp3) is 1.00. The van der Waals surface area contributed by atoms with E-state index in [2.05, 4.69) is 0 Å². The van der Waals surface area contributed by atoms with Crippen LogP contribution in [0.1, 0.15) is 47.0 Å². The number of hydrogen-bond donors (Lipinski definition) is 4. The molecule has 0 aliphatic heterocycles. The standard InChI is InChI=1S/C13H32N2O6P2S2/c1-5-13(4,21-23(15,18)19)11-25-9-6-8-24-10-7-12(2,3)20-22(14,16)17/h5-11H2,1-4H3,(H3,14,16,17)(H3,15,18,19). The van der Waals surface area contributed by atoms with Gasteiger partial charge >= 0.3 is 15.5 Å². The lowest BCUT2D eigenvalue weighted by Gasteiger charge is -2.28. The molecule has 0 saturated heterocycles. The number of rotatable bonds is 14. The van der Waals surface area contributed by atoms with Crippen molar-refractivity contribution in [2.75, 3.05) is 23.0 Å². The first kappa shape index (κ1) is 25.9. The van der Waals surface area contributed by atoms with Crippen LogP contribution in [0.3, 0.4) is 0 Å². The summed E-state index contributed by atoms with van der Waals surface area (Å²) in [5, 5.41) is 0. The van der Waals surface area contributed by atoms with Gasteiger partial charge in [0.05, 0.1) is 11.2 Å². The quantitative estimate of drug-likeness (QED) is 0.235. The summed E-state index contributed by atoms with van der Waals surface area (Å²) in [4.78, 5) is 18.2. The van der Waals surface area contributed by atoms with Crippen LogP contribution in [0.25, 0.3) is 0 Å². The lowest BCUT2D eigenvalue weighted by atomic mass is 10.1. The molecule has 0 aliphatic carbocycles. The van der Waals surface area contributed by atoms with E-state index < -0.39 is 26.7 Å². The van der Waals surface area contributed by atoms with E-state index in [0.717, 1.165) is 23.7 Å². The van der Waals surface area contributed by atoms with Gasteiger partial charge in [0, 0.05) is 5.75 Å². The minimum absolute atomic E-state index is 0.596. The molecule has 6 N–H and O–H groups in total. The average Bonchev–Trinajstić information content (AvgIpc) is 2.37. The summed E-state index contributed by atoms with van der Waals surface area (Å²) in [6, 6.07) is 0. The molecule has 0 aliphatic rings. The minimum Gasteiger partial charge on any atom is -0.313 e. The number of thioether (sulfide) groups is 2. The van der Waals surface area contributed by atoms with Crippen molar-refractivity contribution < 1.29 is 28.0 Å². The maximum atomic E-state index is 11.2. The summed E-state index contributed by atoms with van der Waals surface area (Å²) in [5.41, 5.74) is 8.66. The highest BCUT2D eigenvalue weighted by atomic mass is 32.2. The van der Waals surface area contributed by atoms with E-state index in [0.29, 0.717) is 18.6 Å². The van der Waals surface area contributed by atoms with Crippen LogP contribution in [0.4, 0.5) is 0 Å². The molecule has 3 unspecified atom stereocenters. The normalized spacial score (nSPS) is 19.8. The Morgan fingerprint density at radius 3 is 1.96 bits per heavy atom. The van der Waals surface area contributed by atoms with Crippen LogP contribution in [-0.2, 0) is 18.2 Å². The van der Waals surface area contributed by atoms with Crippen LogP contribution in [0, 0.1) is 0 Å². The second-order valence-electron chi connectivity index (χ2n) is 6.64. The molecule has 0 aromatic heterocycles. The summed E-state index contributed by atoms with van der Waals surface area (Å²) in [7, 11) is -7.94. The van der Waals surface area contributed by atoms with Crippen LogP contribution in [0.5, 0.6) is 0 Å². The van der Waals surface area contributed by atoms with E-state index in [-0.39, 0.29) is 0 Å². The van der Waals surface area contributed by atoms with Crippen molar-refractivity contribution in [1.29, 1.82) is 0 Å². The average molecular weight is 438 g/mol. The highest BCUT2D eigenvalue weighted by Crippen LogP contribution is 2.41. The van der Waals surface area contributed by atoms with E-state index in [9.17, 15) is 9.13 Å². The fourth-order valence-corrected chi connectivity index (χ4v) is 6.15. The molecule has 3 atom stereocenters. The second-order valence-corrected chi connectivity index (χ2v) is 11.6. The zero-order valence-electron chi connectivity index (χ0n) is 15.3. The van der Waals surface area contributed by atoms with Crippen LogP contribution in [0.2, 0.25) is 0 Å². The van der Waals surface area contributed by atoms with E-state index in [1.807, 2.05) is 6.92 Å². The number of nitrogens with two attached hydrogens (primary N) is 2. The molecule has 0 rings (SSSR count). The zero-order chi connectivity index (χ0) is 19.8. The van der Waals surface area contributed by atoms with Gasteiger partial charge in [-0.05, 0) is 57.3 Å². The second kappa shape index (κ2) is 11.1. The van der Waals surface area contributed by atoms with Crippen molar-refractivity contribution in [3.8, 4) is 0 Å². The largest absolute Gasteiger partial charge is 0.400 e. The van der Waals surface area contributed by atoms with Gasteiger partial charge in [-0.1, -0.05) is 6.92 Å². The monoisotopic (exact) mass is 438 g/mol. The van der Waals surface area contributed by atoms with Gasteiger partial charge in [-0.25, -0.2) is 20.1 Å². The molecule has 0 spiro atoms. The van der Waals surface area contributed by atoms with Gasteiger partial charge < -0.3 is 9.79 Å². The summed E-state index contributed by atoms with van der Waals surface area (Å²) >= 11 is 3.40. The molecule has 0 bridgehead atoms. The van der Waals surface area contributed by atoms with Gasteiger partial charge in [0.1, 0.15) is 0 Å². The van der Waals surface area contributed by atoms with Crippen LogP contribution in [0.15, 0.2) is 0 Å². The van der Waals surface area contributed by atoms with Gasteiger partial charge in [0.15, 0.2) is 0 Å². The highest BCUT2D eigenvalue weighted by molar-refractivity contribution is 8.00. The maximum Gasteiger partial charge on any atom is 0.400 e. The SMILES string of the molecule is CCC(C)(CSCCCSCCC(C)(C)OP(N)(=O)O)OP(N)(=O)O. The van der Waals surface area contributed by atoms with E-state index in [1.165, 1.54) is 0 Å². The Morgan fingerprint density at radius 2 is 1.48 bits per heavy atom. The predicted molar refractivity (Wildman–Crippen MR) is 107 cm³/mol. The third kappa shape index (κ3) is 15.7. The van der Waals surface area contributed by atoms with Gasteiger partial charge in [-0.15, -0.1) is 0 Å². The molecule has 8 nitrogen and oxygen atoms in total. The first-order valence-electron chi connectivity index (χ1n) is 7.98. The molecular formula is C13H32N2O6P2S2. The first-order chi connectivity index (χ1) is 11.2. The van der Waals surface area contributed by atoms with Crippen molar-refractivity contribution in [2.24, 2.45) is 11.0 Å². The lowest BCUT2D eigenvalue weighted by molar-refractivity contribution is 0.0895. The molecule has 0 fully saturated rings. The number of hydrogen-bond acceptors (Lipinski definition) is 6. The molecule has 25 heavy (non-hydrogen) atoms. The van der Waals surface area contributed by atoms with Crippen molar-refractivity contribution in [3.63, 3.8) is 0 Å². The summed E-state index contributed by atoms with van der Waals surface area (Å²) in [5.74, 6) is 3.25. The van der Waals surface area contributed by atoms with Gasteiger partial charge in [0.25, 0.3) is 0 Å². The van der Waals surface area contributed by atoms with Crippen molar-refractivity contribution in [1.82, 2.24) is 0 Å². The first-order valence-corrected chi connectivity index (χ1v) is 13.6. The molecule has 0 amide bonds. The smallest absolute Gasteiger partial charge is 0.313 e. The van der Waals surface area contributed by atoms with Crippen molar-refractivity contribution >= 4 is 39.0 Å². The van der Waals surface area contributed by atoms with Crippen molar-refractivity contribution in [2.45, 2.75) is 58.2 Å². The molecule has 0 radical (unpaired) electrons. The Morgan fingerprint density at radius 1 is 0.960 bits per heavy atom. The van der Waals surface area contributed by atoms with E-state index in [1.54, 1.807) is 44.3 Å². The molecule has 0 aromatic carbocycles. The molecule has 152 valence electrons. The van der Waals surface area contributed by atoms with E-state index >= 15 is 0 Å². The van der Waals surface area contributed by atoms with E-state index in [4.69, 9.17) is 29.8 Å². The minimum atomic E-state index is -3.98. The molecule has 0 saturated carbocycles. The molecule has 12 heteroatoms. The Kier molecular flexibility index (Phi) is 11.5. The Hall–Kier alpha value is 0.920. The predicted octanol–water partition coefficient (Wildman–Crippen LogP) is 3.33. The lowest BCUT2D eigenvalue weighted by Crippen LogP contribution is -2.31. The summed E-state index contributed by atoms with van der Waals surface area (Å²) in [6.45, 7) is 7.15. The van der Waals surface area contributed by atoms with Gasteiger partial charge in [-0.3, -0.25) is 9.05 Å². The topological polar surface area (TPSA) is 145 Å². The third-order valence-corrected chi connectivity index (χ3v) is 7.23. The zero-order valence-corrected chi connectivity index (χ0v) is 18.8. The highest BCUT2D eigenvalue weighted by Gasteiger charge is 2.30. The van der Waals surface area contributed by atoms with Gasteiger partial charge in [0.2, 0.25) is 0 Å². The molecular weight excluding hydrogens is 406 g/mol. The van der Waals surface area contributed by atoms with Crippen LogP contribution in [-0.4, -0.2) is 44.0 Å². The van der Waals surface area contributed by atoms with Crippen molar-refractivity contribution in [3.05, 3.63) is 0 Å². The Labute approximate surface area is 159 Å². The van der Waals surface area contributed by atoms with Crippen LogP contribution >= 0.6 is 39.0 Å². The molecule has 0 aromatic rings. The summed E-state index contributed by atoms with van der Waals surface area (Å²) in [6.07, 6.45) is 2.20. The summed E-state index contributed by atoms with van der Waals surface area (Å²) < 4.78 is 32.3. The van der Waals surface area contributed by atoms with Gasteiger partial charge in [-0.2, -0.15) is 23.5 Å². The Balaban J connectivity index is 3.87. The third-order valence-electron chi connectivity index (χ3n) is 3.31. The molecule has 0 heterocycles. The van der Waals surface area contributed by atoms with Crippen LogP contribution < -0.4 is 11.0 Å². The fourth-order valence-electron chi connectivity index (χ4n) is 1.88. The maximum absolute atomic E-state index is 11.2.